The predicted octanol–water partition coefficient (Wildman–Crippen LogP) is 4.29. The second-order valence-electron chi connectivity index (χ2n) is 8.08. The van der Waals surface area contributed by atoms with Gasteiger partial charge in [0.2, 0.25) is 0 Å². The standard InChI is InChI=1S/C26H24N2O4/c1-15(2)17-4-6-18(7-5-17)19-8-9-20-21(12-19)22(26(32)28-25(20)31)14-27-13-16-3-10-23(29)24(30)11-16/h3-12,14-15,27,29-30H,13H2,1-2H3,(H,28,31,32)/b22-14+. The lowest BCUT2D eigenvalue weighted by molar-refractivity contribution is -0.114. The molecule has 1 aliphatic heterocycles. The predicted molar refractivity (Wildman–Crippen MR) is 123 cm³/mol. The van der Waals surface area contributed by atoms with Crippen molar-refractivity contribution in [3.63, 3.8) is 0 Å². The topological polar surface area (TPSA) is 98.7 Å². The number of hydrogen-bond acceptors (Lipinski definition) is 5. The third-order valence-electron chi connectivity index (χ3n) is 5.53. The van der Waals surface area contributed by atoms with Crippen LogP contribution in [-0.4, -0.2) is 22.0 Å². The molecule has 4 rings (SSSR count). The van der Waals surface area contributed by atoms with E-state index in [1.54, 1.807) is 18.3 Å². The van der Waals surface area contributed by atoms with Crippen molar-refractivity contribution in [2.75, 3.05) is 0 Å². The van der Waals surface area contributed by atoms with Gasteiger partial charge in [-0.15, -0.1) is 0 Å². The molecule has 0 unspecified atom stereocenters. The van der Waals surface area contributed by atoms with Crippen molar-refractivity contribution in [3.05, 3.63) is 89.1 Å². The fraction of sp³-hybridized carbons (Fsp3) is 0.154. The first-order valence-corrected chi connectivity index (χ1v) is 10.4. The first-order valence-electron chi connectivity index (χ1n) is 10.4. The first-order chi connectivity index (χ1) is 15.3. The van der Waals surface area contributed by atoms with Gasteiger partial charge in [0.05, 0.1) is 5.57 Å². The molecule has 6 heteroatoms. The van der Waals surface area contributed by atoms with Gasteiger partial charge in [-0.3, -0.25) is 14.9 Å². The average Bonchev–Trinajstić information content (AvgIpc) is 2.78. The van der Waals surface area contributed by atoms with Gasteiger partial charge in [0.25, 0.3) is 11.8 Å². The maximum absolute atomic E-state index is 12.6. The summed E-state index contributed by atoms with van der Waals surface area (Å²) in [5.41, 5.74) is 5.23. The van der Waals surface area contributed by atoms with E-state index in [1.807, 2.05) is 24.3 Å². The summed E-state index contributed by atoms with van der Waals surface area (Å²) in [6, 6.07) is 18.2. The van der Waals surface area contributed by atoms with E-state index in [-0.39, 0.29) is 11.5 Å². The highest BCUT2D eigenvalue weighted by Crippen LogP contribution is 2.30. The van der Waals surface area contributed by atoms with Crippen LogP contribution in [0.25, 0.3) is 16.7 Å². The average molecular weight is 428 g/mol. The van der Waals surface area contributed by atoms with Crippen LogP contribution in [0.3, 0.4) is 0 Å². The highest BCUT2D eigenvalue weighted by atomic mass is 16.3. The molecule has 0 saturated carbocycles. The Bertz CT molecular complexity index is 1230. The molecule has 1 heterocycles. The molecule has 0 radical (unpaired) electrons. The largest absolute Gasteiger partial charge is 0.504 e. The van der Waals surface area contributed by atoms with Crippen LogP contribution in [0.1, 0.15) is 46.8 Å². The Kier molecular flexibility index (Phi) is 5.69. The van der Waals surface area contributed by atoms with Crippen molar-refractivity contribution in [1.29, 1.82) is 0 Å². The second-order valence-corrected chi connectivity index (χ2v) is 8.08. The van der Waals surface area contributed by atoms with E-state index in [0.29, 0.717) is 29.2 Å². The number of benzene rings is 3. The molecule has 3 aromatic carbocycles. The van der Waals surface area contributed by atoms with Gasteiger partial charge in [-0.05, 0) is 52.4 Å². The third kappa shape index (κ3) is 4.21. The molecule has 2 amide bonds. The zero-order valence-corrected chi connectivity index (χ0v) is 17.8. The number of carbonyl (C=O) groups is 2. The Labute approximate surface area is 186 Å². The molecular weight excluding hydrogens is 404 g/mol. The minimum absolute atomic E-state index is 0.194. The van der Waals surface area contributed by atoms with E-state index in [2.05, 4.69) is 36.6 Å². The summed E-state index contributed by atoms with van der Waals surface area (Å²) >= 11 is 0. The van der Waals surface area contributed by atoms with Crippen molar-refractivity contribution in [3.8, 4) is 22.6 Å². The van der Waals surface area contributed by atoms with Gasteiger partial charge in [0.1, 0.15) is 0 Å². The Balaban J connectivity index is 1.64. The van der Waals surface area contributed by atoms with Crippen molar-refractivity contribution >= 4 is 17.4 Å². The van der Waals surface area contributed by atoms with Crippen LogP contribution >= 0.6 is 0 Å². The molecule has 3 aromatic rings. The molecule has 0 fully saturated rings. The van der Waals surface area contributed by atoms with E-state index in [9.17, 15) is 19.8 Å². The van der Waals surface area contributed by atoms with Gasteiger partial charge in [0, 0.05) is 23.9 Å². The van der Waals surface area contributed by atoms with Gasteiger partial charge in [-0.1, -0.05) is 50.2 Å². The Morgan fingerprint density at radius 3 is 2.25 bits per heavy atom. The number of carbonyl (C=O) groups excluding carboxylic acids is 2. The van der Waals surface area contributed by atoms with Crippen molar-refractivity contribution in [2.45, 2.75) is 26.3 Å². The number of phenolic OH excluding ortho intramolecular Hbond substituents is 2. The third-order valence-corrected chi connectivity index (χ3v) is 5.53. The SMILES string of the molecule is CC(C)c1ccc(-c2ccc3c(c2)/C(=C\NCc2ccc(O)c(O)c2)C(=O)NC3=O)cc1. The molecule has 0 spiro atoms. The van der Waals surface area contributed by atoms with Crippen LogP contribution in [-0.2, 0) is 11.3 Å². The Hall–Kier alpha value is -4.06. The van der Waals surface area contributed by atoms with E-state index < -0.39 is 11.8 Å². The number of nitrogens with one attached hydrogen (secondary N) is 2. The highest BCUT2D eigenvalue weighted by molar-refractivity contribution is 6.31. The molecule has 0 aliphatic carbocycles. The van der Waals surface area contributed by atoms with Crippen LogP contribution in [0.4, 0.5) is 0 Å². The summed E-state index contributed by atoms with van der Waals surface area (Å²) in [6.45, 7) is 4.60. The summed E-state index contributed by atoms with van der Waals surface area (Å²) in [6.07, 6.45) is 1.57. The van der Waals surface area contributed by atoms with Gasteiger partial charge in [0.15, 0.2) is 11.5 Å². The monoisotopic (exact) mass is 428 g/mol. The lowest BCUT2D eigenvalue weighted by atomic mass is 9.91. The molecule has 0 bridgehead atoms. The Morgan fingerprint density at radius 1 is 0.844 bits per heavy atom. The number of rotatable bonds is 5. The minimum atomic E-state index is -0.476. The fourth-order valence-electron chi connectivity index (χ4n) is 3.66. The van der Waals surface area contributed by atoms with Crippen molar-refractivity contribution in [1.82, 2.24) is 10.6 Å². The summed E-state index contributed by atoms with van der Waals surface area (Å²) in [5.74, 6) is -0.871. The van der Waals surface area contributed by atoms with E-state index >= 15 is 0 Å². The molecule has 0 saturated heterocycles. The lowest BCUT2D eigenvalue weighted by Gasteiger charge is -2.20. The van der Waals surface area contributed by atoms with Crippen molar-refractivity contribution in [2.24, 2.45) is 0 Å². The quantitative estimate of drug-likeness (QED) is 0.276. The summed E-state index contributed by atoms with van der Waals surface area (Å²) in [7, 11) is 0. The second kappa shape index (κ2) is 8.59. The van der Waals surface area contributed by atoms with Gasteiger partial charge >= 0.3 is 0 Å². The first kappa shape index (κ1) is 21.2. The van der Waals surface area contributed by atoms with Gasteiger partial charge in [-0.2, -0.15) is 0 Å². The maximum Gasteiger partial charge on any atom is 0.260 e. The van der Waals surface area contributed by atoms with Gasteiger partial charge in [-0.25, -0.2) is 0 Å². The number of aromatic hydroxyl groups is 2. The zero-order valence-electron chi connectivity index (χ0n) is 17.8. The van der Waals surface area contributed by atoms with Crippen LogP contribution in [0, 0.1) is 0 Å². The minimum Gasteiger partial charge on any atom is -0.504 e. The van der Waals surface area contributed by atoms with E-state index in [0.717, 1.165) is 16.7 Å². The van der Waals surface area contributed by atoms with Crippen LogP contribution in [0.5, 0.6) is 11.5 Å². The summed E-state index contributed by atoms with van der Waals surface area (Å²) in [4.78, 5) is 24.9. The molecule has 6 nitrogen and oxygen atoms in total. The summed E-state index contributed by atoms with van der Waals surface area (Å²) < 4.78 is 0. The smallest absolute Gasteiger partial charge is 0.260 e. The number of phenols is 2. The maximum atomic E-state index is 12.6. The lowest BCUT2D eigenvalue weighted by Crippen LogP contribution is -2.37. The highest BCUT2D eigenvalue weighted by Gasteiger charge is 2.27. The molecule has 0 atom stereocenters. The van der Waals surface area contributed by atoms with Crippen LogP contribution in [0.2, 0.25) is 0 Å². The zero-order chi connectivity index (χ0) is 22.8. The molecular formula is C26H24N2O4. The molecule has 1 aliphatic rings. The van der Waals surface area contributed by atoms with E-state index in [4.69, 9.17) is 0 Å². The molecule has 4 N–H and O–H groups in total. The fourth-order valence-corrected chi connectivity index (χ4v) is 3.66. The molecule has 32 heavy (non-hydrogen) atoms. The molecule has 0 aromatic heterocycles. The summed E-state index contributed by atoms with van der Waals surface area (Å²) in [5, 5.41) is 24.5. The normalized spacial score (nSPS) is 14.4. The van der Waals surface area contributed by atoms with Crippen molar-refractivity contribution < 1.29 is 19.8 Å². The molecule has 162 valence electrons. The number of hydrogen-bond donors (Lipinski definition) is 4. The Morgan fingerprint density at radius 2 is 1.56 bits per heavy atom. The van der Waals surface area contributed by atoms with E-state index in [1.165, 1.54) is 17.7 Å². The number of amides is 2. The number of fused-ring (bicyclic) bond motifs is 1. The van der Waals surface area contributed by atoms with Crippen LogP contribution in [0.15, 0.2) is 66.9 Å². The van der Waals surface area contributed by atoms with Gasteiger partial charge < -0.3 is 15.5 Å². The number of imide groups is 1. The van der Waals surface area contributed by atoms with Crippen LogP contribution < -0.4 is 10.6 Å².